The molecule has 1 aromatic heterocycles. The highest BCUT2D eigenvalue weighted by Gasteiger charge is 2.29. The van der Waals surface area contributed by atoms with Gasteiger partial charge in [0, 0.05) is 28.6 Å². The lowest BCUT2D eigenvalue weighted by Gasteiger charge is -2.22. The Morgan fingerprint density at radius 1 is 1.42 bits per heavy atom. The molecular formula is C18H21N3O2S. The number of alkyl carbamates (subject to hydrolysis) is 1. The number of carbonyl (C=O) groups is 1. The highest BCUT2D eigenvalue weighted by molar-refractivity contribution is 7.23. The van der Waals surface area contributed by atoms with Gasteiger partial charge in [0.05, 0.1) is 12.1 Å². The van der Waals surface area contributed by atoms with E-state index in [1.807, 2.05) is 45.0 Å². The monoisotopic (exact) mass is 343 g/mol. The number of nitrogens with zero attached hydrogens (tertiary/aromatic N) is 2. The maximum Gasteiger partial charge on any atom is 0.407 e. The molecule has 1 aliphatic heterocycles. The van der Waals surface area contributed by atoms with E-state index in [-0.39, 0.29) is 17.7 Å². The molecule has 0 unspecified atom stereocenters. The summed E-state index contributed by atoms with van der Waals surface area (Å²) in [6, 6.07) is 10.3. The molecule has 3 rings (SSSR count). The van der Waals surface area contributed by atoms with E-state index in [4.69, 9.17) is 4.74 Å². The fourth-order valence-electron chi connectivity index (χ4n) is 2.86. The van der Waals surface area contributed by atoms with Gasteiger partial charge in [0.25, 0.3) is 0 Å². The molecule has 1 N–H and O–H groups in total. The van der Waals surface area contributed by atoms with E-state index in [1.54, 1.807) is 11.3 Å². The Kier molecular flexibility index (Phi) is 4.37. The van der Waals surface area contributed by atoms with Gasteiger partial charge in [-0.1, -0.05) is 18.2 Å². The third kappa shape index (κ3) is 3.46. The van der Waals surface area contributed by atoms with Crippen LogP contribution in [0, 0.1) is 11.3 Å². The first-order valence-electron chi connectivity index (χ1n) is 8.03. The molecule has 6 heteroatoms. The second-order valence-electron chi connectivity index (χ2n) is 7.03. The number of hydrogen-bond acceptors (Lipinski definition) is 5. The van der Waals surface area contributed by atoms with E-state index >= 15 is 0 Å². The molecule has 1 aliphatic rings. The van der Waals surface area contributed by atoms with Gasteiger partial charge < -0.3 is 15.0 Å². The SMILES string of the molecule is CC(C)(C)NC(=O)O[C@H]1CCN(c2sc3ccccc3c2C#N)C1. The molecule has 1 amide bonds. The van der Waals surface area contributed by atoms with Gasteiger partial charge in [-0.15, -0.1) is 11.3 Å². The summed E-state index contributed by atoms with van der Waals surface area (Å²) in [5.41, 5.74) is 0.407. The van der Waals surface area contributed by atoms with Crippen molar-refractivity contribution in [3.8, 4) is 6.07 Å². The standard InChI is InChI=1S/C18H21N3O2S/c1-18(2,3)20-17(22)23-12-8-9-21(11-12)16-14(10-19)13-6-4-5-7-15(13)24-16/h4-7,12H,8-9,11H2,1-3H3,(H,20,22)/t12-/m0/s1. The Labute approximate surface area is 145 Å². The van der Waals surface area contributed by atoms with Crippen LogP contribution in [0.5, 0.6) is 0 Å². The molecule has 5 nitrogen and oxygen atoms in total. The van der Waals surface area contributed by atoms with Crippen LogP contribution in [-0.4, -0.2) is 30.8 Å². The summed E-state index contributed by atoms with van der Waals surface area (Å²) in [5, 5.41) is 14.3. The van der Waals surface area contributed by atoms with Gasteiger partial charge in [0.15, 0.2) is 0 Å². The Morgan fingerprint density at radius 2 is 2.17 bits per heavy atom. The van der Waals surface area contributed by atoms with Crippen molar-refractivity contribution in [3.05, 3.63) is 29.8 Å². The fraction of sp³-hybridized carbons (Fsp3) is 0.444. The largest absolute Gasteiger partial charge is 0.444 e. The minimum Gasteiger partial charge on any atom is -0.444 e. The number of carbonyl (C=O) groups excluding carboxylic acids is 1. The van der Waals surface area contributed by atoms with Crippen molar-refractivity contribution in [3.63, 3.8) is 0 Å². The summed E-state index contributed by atoms with van der Waals surface area (Å²) < 4.78 is 6.63. The van der Waals surface area contributed by atoms with Gasteiger partial charge in [-0.05, 0) is 26.8 Å². The molecule has 1 saturated heterocycles. The number of anilines is 1. The number of thiophene rings is 1. The van der Waals surface area contributed by atoms with Gasteiger partial charge in [0.1, 0.15) is 17.2 Å². The summed E-state index contributed by atoms with van der Waals surface area (Å²) in [7, 11) is 0. The van der Waals surface area contributed by atoms with Crippen molar-refractivity contribution in [2.24, 2.45) is 0 Å². The van der Waals surface area contributed by atoms with Crippen LogP contribution in [0.2, 0.25) is 0 Å². The van der Waals surface area contributed by atoms with Crippen molar-refractivity contribution in [2.75, 3.05) is 18.0 Å². The Hall–Kier alpha value is -2.26. The molecule has 0 bridgehead atoms. The van der Waals surface area contributed by atoms with Gasteiger partial charge >= 0.3 is 6.09 Å². The topological polar surface area (TPSA) is 65.4 Å². The van der Waals surface area contributed by atoms with Crippen molar-refractivity contribution < 1.29 is 9.53 Å². The minimum absolute atomic E-state index is 0.149. The summed E-state index contributed by atoms with van der Waals surface area (Å²) in [6.45, 7) is 7.18. The van der Waals surface area contributed by atoms with Crippen LogP contribution in [0.1, 0.15) is 32.8 Å². The van der Waals surface area contributed by atoms with E-state index in [1.165, 1.54) is 0 Å². The molecule has 0 spiro atoms. The van der Waals surface area contributed by atoms with Crippen LogP contribution < -0.4 is 10.2 Å². The number of fused-ring (bicyclic) bond motifs is 1. The van der Waals surface area contributed by atoms with Crippen LogP contribution in [-0.2, 0) is 4.74 Å². The Balaban J connectivity index is 1.72. The smallest absolute Gasteiger partial charge is 0.407 e. The average molecular weight is 343 g/mol. The molecule has 24 heavy (non-hydrogen) atoms. The summed E-state index contributed by atoms with van der Waals surface area (Å²) >= 11 is 1.62. The van der Waals surface area contributed by atoms with Crippen molar-refractivity contribution in [2.45, 2.75) is 38.8 Å². The predicted molar refractivity (Wildman–Crippen MR) is 96.5 cm³/mol. The molecule has 2 aromatic rings. The lowest BCUT2D eigenvalue weighted by molar-refractivity contribution is 0.101. The Morgan fingerprint density at radius 3 is 2.88 bits per heavy atom. The molecule has 1 aromatic carbocycles. The van der Waals surface area contributed by atoms with Crippen molar-refractivity contribution in [1.29, 1.82) is 5.26 Å². The normalized spacial score (nSPS) is 17.8. The molecule has 1 atom stereocenters. The third-order valence-corrected chi connectivity index (χ3v) is 5.10. The van der Waals surface area contributed by atoms with Gasteiger partial charge in [-0.3, -0.25) is 0 Å². The molecule has 0 radical (unpaired) electrons. The first-order chi connectivity index (χ1) is 11.4. The number of benzene rings is 1. The van der Waals surface area contributed by atoms with Gasteiger partial charge in [0.2, 0.25) is 0 Å². The van der Waals surface area contributed by atoms with Crippen molar-refractivity contribution in [1.82, 2.24) is 5.32 Å². The third-order valence-electron chi connectivity index (χ3n) is 3.87. The molecule has 1 fully saturated rings. The maximum absolute atomic E-state index is 11.9. The minimum atomic E-state index is -0.383. The average Bonchev–Trinajstić information content (AvgIpc) is 3.08. The second kappa shape index (κ2) is 6.33. The summed E-state index contributed by atoms with van der Waals surface area (Å²) in [4.78, 5) is 14.1. The number of ether oxygens (including phenoxy) is 1. The molecular weight excluding hydrogens is 322 g/mol. The zero-order valence-corrected chi connectivity index (χ0v) is 14.9. The number of rotatable bonds is 2. The first-order valence-corrected chi connectivity index (χ1v) is 8.84. The van der Waals surface area contributed by atoms with Crippen LogP contribution in [0.25, 0.3) is 10.1 Å². The van der Waals surface area contributed by atoms with E-state index in [2.05, 4.69) is 16.3 Å². The number of nitriles is 1. The zero-order valence-electron chi connectivity index (χ0n) is 14.1. The quantitative estimate of drug-likeness (QED) is 0.899. The van der Waals surface area contributed by atoms with Crippen LogP contribution in [0.4, 0.5) is 9.80 Å². The van der Waals surface area contributed by atoms with Crippen LogP contribution in [0.3, 0.4) is 0 Å². The second-order valence-corrected chi connectivity index (χ2v) is 8.06. The maximum atomic E-state index is 11.9. The Bertz CT molecular complexity index is 801. The van der Waals surface area contributed by atoms with E-state index < -0.39 is 0 Å². The highest BCUT2D eigenvalue weighted by Crippen LogP contribution is 2.39. The van der Waals surface area contributed by atoms with E-state index in [9.17, 15) is 10.1 Å². The zero-order chi connectivity index (χ0) is 17.3. The fourth-order valence-corrected chi connectivity index (χ4v) is 4.05. The molecule has 126 valence electrons. The molecule has 2 heterocycles. The van der Waals surface area contributed by atoms with E-state index in [0.717, 1.165) is 33.6 Å². The lowest BCUT2D eigenvalue weighted by atomic mass is 10.1. The summed E-state index contributed by atoms with van der Waals surface area (Å²) in [6.07, 6.45) is 0.242. The van der Waals surface area contributed by atoms with Crippen molar-refractivity contribution >= 4 is 32.5 Å². The van der Waals surface area contributed by atoms with Gasteiger partial charge in [-0.25, -0.2) is 4.79 Å². The van der Waals surface area contributed by atoms with Gasteiger partial charge in [-0.2, -0.15) is 5.26 Å². The summed E-state index contributed by atoms with van der Waals surface area (Å²) in [5.74, 6) is 0. The first kappa shape index (κ1) is 16.6. The number of nitrogens with one attached hydrogen (secondary N) is 1. The highest BCUT2D eigenvalue weighted by atomic mass is 32.1. The predicted octanol–water partition coefficient (Wildman–Crippen LogP) is 3.88. The molecule has 0 saturated carbocycles. The van der Waals surface area contributed by atoms with E-state index in [0.29, 0.717) is 6.54 Å². The number of amides is 1. The van der Waals surface area contributed by atoms with Crippen LogP contribution in [0.15, 0.2) is 24.3 Å². The van der Waals surface area contributed by atoms with Crippen LogP contribution >= 0.6 is 11.3 Å². The number of hydrogen-bond donors (Lipinski definition) is 1. The lowest BCUT2D eigenvalue weighted by Crippen LogP contribution is -2.42. The molecule has 0 aliphatic carbocycles.